The fraction of sp³-hybridized carbons (Fsp3) is 0.326. The minimum Gasteiger partial charge on any atom is -0.265 e. The van der Waals surface area contributed by atoms with E-state index in [9.17, 15) is 0 Å². The van der Waals surface area contributed by atoms with Crippen LogP contribution in [0.5, 0.6) is 0 Å². The number of rotatable bonds is 3. The first-order valence-corrected chi connectivity index (χ1v) is 54.0. The summed E-state index contributed by atoms with van der Waals surface area (Å²) in [6.45, 7) is 90.2. The SMILES string of the molecule is CC.CC.CC.CC.CC.CC.CC.CC.CC.CC.CC.CC.CC.CC.CC.CC.CC.CC.CC.CC.Cc1ccccc1.Cc1ccccc1.Cc1ccccn1.Cc1cccnc1.Cc1ccncc1.c1ccc(-c2ccccc2)cc1.c1ccc(-c2ccccc2)cc1.c1ccc(-c2ccccc2)cc1.c1ccc2ccccc2c1.c1ccc2ccccc2c1.c1ccc2ccccc2c1. The van der Waals surface area contributed by atoms with Gasteiger partial charge in [0.05, 0.1) is 0 Å². The quantitative estimate of drug-likeness (QED) is 0.177. The largest absolute Gasteiger partial charge is 0.265 e. The van der Waals surface area contributed by atoms with Gasteiger partial charge in [0.25, 0.3) is 0 Å². The Morgan fingerprint density at radius 1 is 0.113 bits per heavy atom. The molecule has 141 heavy (non-hydrogen) atoms. The fourth-order valence-electron chi connectivity index (χ4n) is 9.57. The Morgan fingerprint density at radius 2 is 0.262 bits per heavy atom. The van der Waals surface area contributed by atoms with Crippen molar-refractivity contribution < 1.29 is 0 Å². The molecule has 0 saturated heterocycles. The molecule has 0 aliphatic heterocycles. The van der Waals surface area contributed by atoms with Crippen molar-refractivity contribution in [3.05, 3.63) is 490 Å². The predicted molar refractivity (Wildman–Crippen MR) is 664 cm³/mol. The fourth-order valence-corrected chi connectivity index (χ4v) is 9.57. The first kappa shape index (κ1) is 159. The topological polar surface area (TPSA) is 38.7 Å². The Bertz CT molecular complexity index is 3930. The Hall–Kier alpha value is -12.7. The molecule has 0 aliphatic carbocycles. The Labute approximate surface area is 875 Å². The van der Waals surface area contributed by atoms with Gasteiger partial charge in [-0.25, -0.2) is 0 Å². The first-order valence-electron chi connectivity index (χ1n) is 54.0. The Kier molecular flexibility index (Phi) is 167. The molecule has 0 atom stereocenters. The maximum atomic E-state index is 3.98. The zero-order chi connectivity index (χ0) is 111. The van der Waals surface area contributed by atoms with Crippen LogP contribution in [-0.4, -0.2) is 15.0 Å². The molecule has 0 bridgehead atoms. The molecule has 0 radical (unpaired) electrons. The zero-order valence-corrected chi connectivity index (χ0v) is 98.7. The smallest absolute Gasteiger partial charge is 0.0372 e. The third-order valence-electron chi connectivity index (χ3n) is 15.0. The minimum atomic E-state index is 1.07. The van der Waals surface area contributed by atoms with E-state index in [0.29, 0.717) is 0 Å². The highest BCUT2D eigenvalue weighted by molar-refractivity contribution is 5.83. The second kappa shape index (κ2) is 148. The monoisotopic (exact) mass is 1910 g/mol. The second-order valence-corrected chi connectivity index (χ2v) is 23.1. The van der Waals surface area contributed by atoms with Gasteiger partial charge in [0.15, 0.2) is 0 Å². The van der Waals surface area contributed by atoms with Gasteiger partial charge in [0, 0.05) is 36.7 Å². The van der Waals surface area contributed by atoms with E-state index >= 15 is 0 Å². The molecule has 3 heterocycles. The van der Waals surface area contributed by atoms with Crippen molar-refractivity contribution in [3.63, 3.8) is 0 Å². The maximum Gasteiger partial charge on any atom is 0.0372 e. The average molecular weight is 1910 g/mol. The lowest BCUT2D eigenvalue weighted by Crippen LogP contribution is -1.73. The zero-order valence-electron chi connectivity index (χ0n) is 98.7. The van der Waals surface area contributed by atoms with Crippen LogP contribution < -0.4 is 0 Å². The van der Waals surface area contributed by atoms with E-state index in [1.807, 2.05) is 419 Å². The lowest BCUT2D eigenvalue weighted by atomic mass is 10.1. The molecule has 0 N–H and O–H groups in total. The van der Waals surface area contributed by atoms with Gasteiger partial charge in [-0.15, -0.1) is 0 Å². The van der Waals surface area contributed by atoms with Crippen molar-refractivity contribution >= 4 is 32.3 Å². The van der Waals surface area contributed by atoms with Gasteiger partial charge in [-0.3, -0.25) is 15.0 Å². The Morgan fingerprint density at radius 3 is 0.362 bits per heavy atom. The third kappa shape index (κ3) is 100. The number of fused-ring (bicyclic) bond motifs is 3. The van der Waals surface area contributed by atoms with Gasteiger partial charge < -0.3 is 0 Å². The van der Waals surface area contributed by atoms with Crippen LogP contribution in [0.25, 0.3) is 65.7 Å². The summed E-state index contributed by atoms with van der Waals surface area (Å²) in [4.78, 5) is 11.7. The molecule has 3 aromatic heterocycles. The number of hydrogen-bond acceptors (Lipinski definition) is 3. The normalized spacial score (nSPS) is 7.61. The van der Waals surface area contributed by atoms with Crippen LogP contribution in [0.3, 0.4) is 0 Å². The van der Waals surface area contributed by atoms with Crippen molar-refractivity contribution in [1.29, 1.82) is 0 Å². The standard InChI is InChI=1S/3C12H10.3C10H8.2C7H8.3C6H7N.20C2H6/c3*1-3-7-11(8-4-1)12-9-5-2-6-10-12;3*1-2-6-10-8-4-3-7-9(10)5-1;2*1-7-5-3-2-4-6-7;1-6-2-4-7-5-3-6;1-6-3-2-4-7-5-6;1-6-4-2-3-5-7-6;20*1-2/h3*1-10H;3*1-8H;2*2-6H,1H3;3*2-5H,1H3;20*1-2H3. The number of nitrogens with zero attached hydrogens (tertiary/aromatic N) is 3. The highest BCUT2D eigenvalue weighted by Gasteiger charge is 1.95. The molecule has 3 nitrogen and oxygen atoms in total. The predicted octanol–water partition coefficient (Wildman–Crippen LogP) is 47.3. The van der Waals surface area contributed by atoms with E-state index in [0.717, 1.165) is 5.69 Å². The van der Waals surface area contributed by atoms with E-state index in [2.05, 4.69) is 344 Å². The van der Waals surface area contributed by atoms with Crippen molar-refractivity contribution in [2.45, 2.75) is 312 Å². The highest BCUT2D eigenvalue weighted by atomic mass is 14.6. The number of benzene rings is 14. The first-order chi connectivity index (χ1) is 69.8. The minimum absolute atomic E-state index is 1.07. The van der Waals surface area contributed by atoms with Gasteiger partial charge in [-0.1, -0.05) is 688 Å². The van der Waals surface area contributed by atoms with Gasteiger partial charge in [-0.2, -0.15) is 0 Å². The lowest BCUT2D eigenvalue weighted by molar-refractivity contribution is 1.20. The summed E-state index contributed by atoms with van der Waals surface area (Å²) in [5.41, 5.74) is 13.8. The molecule has 778 valence electrons. The summed E-state index contributed by atoms with van der Waals surface area (Å²) in [6, 6.07) is 147. The van der Waals surface area contributed by atoms with Gasteiger partial charge in [-0.05, 0) is 142 Å². The van der Waals surface area contributed by atoms with Crippen LogP contribution in [0.2, 0.25) is 0 Å². The second-order valence-electron chi connectivity index (χ2n) is 23.1. The van der Waals surface area contributed by atoms with Crippen molar-refractivity contribution in [3.8, 4) is 33.4 Å². The highest BCUT2D eigenvalue weighted by Crippen LogP contribution is 2.20. The number of aromatic nitrogens is 3. The molecule has 17 rings (SSSR count). The van der Waals surface area contributed by atoms with Crippen LogP contribution in [-0.2, 0) is 0 Å². The molecule has 0 fully saturated rings. The molecule has 3 heteroatoms. The van der Waals surface area contributed by atoms with E-state index < -0.39 is 0 Å². The van der Waals surface area contributed by atoms with Gasteiger partial charge in [0.1, 0.15) is 0 Å². The molecule has 0 spiro atoms. The van der Waals surface area contributed by atoms with Crippen LogP contribution in [0.4, 0.5) is 0 Å². The molecular weight excluding hydrogens is 1700 g/mol. The van der Waals surface area contributed by atoms with Crippen LogP contribution in [0.15, 0.2) is 462 Å². The van der Waals surface area contributed by atoms with Crippen LogP contribution >= 0.6 is 0 Å². The van der Waals surface area contributed by atoms with E-state index in [1.54, 1.807) is 24.8 Å². The molecule has 17 aromatic rings. The summed E-state index contributed by atoms with van der Waals surface area (Å²) in [7, 11) is 0. The van der Waals surface area contributed by atoms with Crippen molar-refractivity contribution in [1.82, 2.24) is 15.0 Å². The molecule has 0 unspecified atom stereocenters. The van der Waals surface area contributed by atoms with Gasteiger partial charge in [0.2, 0.25) is 0 Å². The molecule has 0 aliphatic rings. The Balaban J connectivity index is -0.000000102. The maximum absolute atomic E-state index is 3.98. The van der Waals surface area contributed by atoms with Crippen molar-refractivity contribution in [2.75, 3.05) is 0 Å². The average Bonchev–Trinajstić information content (AvgIpc) is 0.871. The van der Waals surface area contributed by atoms with E-state index in [1.165, 1.54) is 88.0 Å². The summed E-state index contributed by atoms with van der Waals surface area (Å²) in [6.07, 6.45) is 8.97. The summed E-state index contributed by atoms with van der Waals surface area (Å²) < 4.78 is 0. The van der Waals surface area contributed by atoms with Crippen LogP contribution in [0, 0.1) is 34.6 Å². The van der Waals surface area contributed by atoms with Gasteiger partial charge >= 0.3 is 0 Å². The molecule has 0 saturated carbocycles. The molecular formula is C138H211N3. The molecule has 14 aromatic carbocycles. The number of hydrogen-bond donors (Lipinski definition) is 0. The third-order valence-corrected chi connectivity index (χ3v) is 15.0. The van der Waals surface area contributed by atoms with Crippen LogP contribution in [0.1, 0.15) is 305 Å². The number of aryl methyl sites for hydroxylation is 5. The summed E-state index contributed by atoms with van der Waals surface area (Å²) in [5, 5.41) is 7.86. The molecule has 0 amide bonds. The van der Waals surface area contributed by atoms with E-state index in [-0.39, 0.29) is 0 Å². The summed E-state index contributed by atoms with van der Waals surface area (Å²) >= 11 is 0. The lowest BCUT2D eigenvalue weighted by Gasteiger charge is -1.98. The van der Waals surface area contributed by atoms with Crippen molar-refractivity contribution in [2.24, 2.45) is 0 Å². The van der Waals surface area contributed by atoms with E-state index in [4.69, 9.17) is 0 Å². The summed E-state index contributed by atoms with van der Waals surface area (Å²) in [5.74, 6) is 0. The number of pyridine rings is 3.